The average Bonchev–Trinajstić information content (AvgIpc) is 2.51. The van der Waals surface area contributed by atoms with E-state index >= 15 is 0 Å². The Balaban J connectivity index is 1.83. The summed E-state index contributed by atoms with van der Waals surface area (Å²) in [7, 11) is 0. The van der Waals surface area contributed by atoms with Gasteiger partial charge in [-0.1, -0.05) is 23.2 Å². The fourth-order valence-electron chi connectivity index (χ4n) is 2.61. The molecule has 1 aliphatic carbocycles. The third-order valence-electron chi connectivity index (χ3n) is 4.00. The Labute approximate surface area is 144 Å². The van der Waals surface area contributed by atoms with Gasteiger partial charge in [0.05, 0.1) is 16.0 Å². The molecule has 23 heavy (non-hydrogen) atoms. The Morgan fingerprint density at radius 1 is 1.22 bits per heavy atom. The van der Waals surface area contributed by atoms with Crippen LogP contribution >= 0.6 is 23.2 Å². The van der Waals surface area contributed by atoms with Crippen molar-refractivity contribution in [2.45, 2.75) is 44.8 Å². The molecule has 7 heteroatoms. The van der Waals surface area contributed by atoms with E-state index in [-0.39, 0.29) is 17.9 Å². The number of nitrogens with one attached hydrogen (secondary N) is 1. The quantitative estimate of drug-likeness (QED) is 0.843. The highest BCUT2D eigenvalue weighted by Gasteiger charge is 2.28. The molecular formula is C16H19Cl2NO4. The Hall–Kier alpha value is -1.46. The number of benzene rings is 1. The summed E-state index contributed by atoms with van der Waals surface area (Å²) in [4.78, 5) is 23.1. The molecule has 1 amide bonds. The molecule has 0 bridgehead atoms. The van der Waals surface area contributed by atoms with Crippen LogP contribution in [0.25, 0.3) is 0 Å². The van der Waals surface area contributed by atoms with Crippen molar-refractivity contribution in [1.29, 1.82) is 0 Å². The number of ether oxygens (including phenoxy) is 1. The number of carboxylic acid groups (broad SMARTS) is 1. The Bertz CT molecular complexity index is 585. The normalized spacial score (nSPS) is 22.2. The van der Waals surface area contributed by atoms with E-state index in [0.29, 0.717) is 41.5 Å². The lowest BCUT2D eigenvalue weighted by molar-refractivity contribution is -0.142. The maximum Gasteiger partial charge on any atom is 0.306 e. The Morgan fingerprint density at radius 3 is 2.43 bits per heavy atom. The third-order valence-corrected chi connectivity index (χ3v) is 4.73. The van der Waals surface area contributed by atoms with Crippen LogP contribution in [-0.2, 0) is 9.59 Å². The van der Waals surface area contributed by atoms with E-state index in [4.69, 9.17) is 33.0 Å². The molecule has 0 heterocycles. The van der Waals surface area contributed by atoms with Crippen LogP contribution in [0.4, 0.5) is 0 Å². The summed E-state index contributed by atoms with van der Waals surface area (Å²) < 4.78 is 5.56. The van der Waals surface area contributed by atoms with Crippen LogP contribution in [0.5, 0.6) is 5.75 Å². The first kappa shape index (κ1) is 17.9. The molecule has 5 nitrogen and oxygen atoms in total. The van der Waals surface area contributed by atoms with Crippen LogP contribution < -0.4 is 10.1 Å². The van der Waals surface area contributed by atoms with Crippen LogP contribution in [-0.4, -0.2) is 29.1 Å². The second kappa shape index (κ2) is 7.88. The molecule has 1 aromatic rings. The molecular weight excluding hydrogens is 341 g/mol. The van der Waals surface area contributed by atoms with Gasteiger partial charge in [0.15, 0.2) is 6.10 Å². The predicted octanol–water partition coefficient (Wildman–Crippen LogP) is 3.52. The molecule has 1 unspecified atom stereocenters. The minimum absolute atomic E-state index is 0.00189. The van der Waals surface area contributed by atoms with Crippen LogP contribution in [0.3, 0.4) is 0 Å². The predicted molar refractivity (Wildman–Crippen MR) is 88.1 cm³/mol. The monoisotopic (exact) mass is 359 g/mol. The van der Waals surface area contributed by atoms with E-state index in [1.807, 2.05) is 0 Å². The maximum atomic E-state index is 12.2. The van der Waals surface area contributed by atoms with E-state index in [2.05, 4.69) is 5.32 Å². The maximum absolute atomic E-state index is 12.2. The molecule has 0 saturated heterocycles. The molecule has 1 saturated carbocycles. The van der Waals surface area contributed by atoms with Crippen molar-refractivity contribution in [3.8, 4) is 5.75 Å². The van der Waals surface area contributed by atoms with E-state index in [1.54, 1.807) is 25.1 Å². The first-order valence-electron chi connectivity index (χ1n) is 7.51. The van der Waals surface area contributed by atoms with Crippen LogP contribution in [0, 0.1) is 5.92 Å². The van der Waals surface area contributed by atoms with Gasteiger partial charge in [-0.3, -0.25) is 9.59 Å². The van der Waals surface area contributed by atoms with Crippen molar-refractivity contribution in [2.75, 3.05) is 0 Å². The molecule has 1 atom stereocenters. The number of carbonyl (C=O) groups excluding carboxylic acids is 1. The molecule has 0 aliphatic heterocycles. The number of hydrogen-bond acceptors (Lipinski definition) is 3. The molecule has 0 radical (unpaired) electrons. The van der Waals surface area contributed by atoms with Gasteiger partial charge in [0.2, 0.25) is 0 Å². The zero-order valence-corrected chi connectivity index (χ0v) is 14.2. The van der Waals surface area contributed by atoms with Crippen molar-refractivity contribution in [2.24, 2.45) is 5.92 Å². The number of amides is 1. The summed E-state index contributed by atoms with van der Waals surface area (Å²) in [5.41, 5.74) is 0. The zero-order valence-electron chi connectivity index (χ0n) is 12.7. The van der Waals surface area contributed by atoms with Crippen LogP contribution in [0.15, 0.2) is 18.2 Å². The summed E-state index contributed by atoms with van der Waals surface area (Å²) in [5.74, 6) is -0.814. The molecule has 0 spiro atoms. The molecule has 2 N–H and O–H groups in total. The highest BCUT2D eigenvalue weighted by molar-refractivity contribution is 6.42. The van der Waals surface area contributed by atoms with Crippen molar-refractivity contribution in [3.05, 3.63) is 28.2 Å². The van der Waals surface area contributed by atoms with Crippen molar-refractivity contribution in [1.82, 2.24) is 5.32 Å². The molecule has 1 aromatic carbocycles. The summed E-state index contributed by atoms with van der Waals surface area (Å²) in [5, 5.41) is 12.7. The van der Waals surface area contributed by atoms with Gasteiger partial charge in [0.25, 0.3) is 5.91 Å². The molecule has 126 valence electrons. The SMILES string of the molecule is CC(Oc1ccc(Cl)c(Cl)c1)C(=O)NC1CCC(C(=O)O)CC1. The third kappa shape index (κ3) is 5.01. The van der Waals surface area contributed by atoms with Crippen molar-refractivity contribution in [3.63, 3.8) is 0 Å². The highest BCUT2D eigenvalue weighted by atomic mass is 35.5. The minimum Gasteiger partial charge on any atom is -0.481 e. The summed E-state index contributed by atoms with van der Waals surface area (Å²) >= 11 is 11.7. The van der Waals surface area contributed by atoms with E-state index in [0.717, 1.165) is 0 Å². The van der Waals surface area contributed by atoms with Gasteiger partial charge < -0.3 is 15.2 Å². The number of aliphatic carboxylic acids is 1. The van der Waals surface area contributed by atoms with Crippen LogP contribution in [0.1, 0.15) is 32.6 Å². The van der Waals surface area contributed by atoms with E-state index < -0.39 is 12.1 Å². The second-order valence-corrected chi connectivity index (χ2v) is 6.55. The molecule has 0 aromatic heterocycles. The number of carboxylic acids is 1. The Morgan fingerprint density at radius 2 is 1.87 bits per heavy atom. The smallest absolute Gasteiger partial charge is 0.306 e. The minimum atomic E-state index is -0.758. The highest BCUT2D eigenvalue weighted by Crippen LogP contribution is 2.27. The zero-order chi connectivity index (χ0) is 17.0. The first-order chi connectivity index (χ1) is 10.9. The molecule has 1 fully saturated rings. The van der Waals surface area contributed by atoms with Gasteiger partial charge in [-0.2, -0.15) is 0 Å². The van der Waals surface area contributed by atoms with Crippen molar-refractivity contribution < 1.29 is 19.4 Å². The molecule has 1 aliphatic rings. The topological polar surface area (TPSA) is 75.6 Å². The summed E-state index contributed by atoms with van der Waals surface area (Å²) in [6.07, 6.45) is 1.83. The lowest BCUT2D eigenvalue weighted by Crippen LogP contribution is -2.44. The van der Waals surface area contributed by atoms with E-state index in [1.165, 1.54) is 0 Å². The fraction of sp³-hybridized carbons (Fsp3) is 0.500. The van der Waals surface area contributed by atoms with E-state index in [9.17, 15) is 9.59 Å². The van der Waals surface area contributed by atoms with Crippen LogP contribution in [0.2, 0.25) is 10.0 Å². The lowest BCUT2D eigenvalue weighted by Gasteiger charge is -2.27. The number of halogens is 2. The largest absolute Gasteiger partial charge is 0.481 e. The lowest BCUT2D eigenvalue weighted by atomic mass is 9.86. The van der Waals surface area contributed by atoms with Crippen molar-refractivity contribution >= 4 is 35.1 Å². The standard InChI is InChI=1S/C16H19Cl2NO4/c1-9(23-12-6-7-13(17)14(18)8-12)15(20)19-11-4-2-10(3-5-11)16(21)22/h6-11H,2-5H2,1H3,(H,19,20)(H,21,22). The number of carbonyl (C=O) groups is 2. The number of hydrogen-bond donors (Lipinski definition) is 2. The number of rotatable bonds is 5. The molecule has 2 rings (SSSR count). The van der Waals surface area contributed by atoms with Gasteiger partial charge in [-0.25, -0.2) is 0 Å². The fourth-order valence-corrected chi connectivity index (χ4v) is 2.90. The second-order valence-electron chi connectivity index (χ2n) is 5.73. The Kier molecular flexibility index (Phi) is 6.13. The average molecular weight is 360 g/mol. The summed E-state index contributed by atoms with van der Waals surface area (Å²) in [6, 6.07) is 4.82. The van der Waals surface area contributed by atoms with Gasteiger partial charge in [-0.05, 0) is 44.7 Å². The first-order valence-corrected chi connectivity index (χ1v) is 8.27. The van der Waals surface area contributed by atoms with Gasteiger partial charge in [0, 0.05) is 12.1 Å². The van der Waals surface area contributed by atoms with Gasteiger partial charge in [-0.15, -0.1) is 0 Å². The summed E-state index contributed by atoms with van der Waals surface area (Å²) in [6.45, 7) is 1.65. The van der Waals surface area contributed by atoms with Gasteiger partial charge in [0.1, 0.15) is 5.75 Å². The van der Waals surface area contributed by atoms with Gasteiger partial charge >= 0.3 is 5.97 Å².